The van der Waals surface area contributed by atoms with E-state index in [2.05, 4.69) is 4.98 Å². The summed E-state index contributed by atoms with van der Waals surface area (Å²) >= 11 is 11.7. The first kappa shape index (κ1) is 12.2. The first-order chi connectivity index (χ1) is 8.29. The Morgan fingerprint density at radius 2 is 2.12 bits per heavy atom. The molecule has 88 valence electrons. The first-order valence-electron chi connectivity index (χ1n) is 5.15. The van der Waals surface area contributed by atoms with Crippen molar-refractivity contribution >= 4 is 23.2 Å². The molecule has 0 atom stereocenters. The number of alkyl halides is 1. The fourth-order valence-corrected chi connectivity index (χ4v) is 1.87. The van der Waals surface area contributed by atoms with E-state index in [-0.39, 0.29) is 0 Å². The maximum Gasteiger partial charge on any atom is 0.142 e. The summed E-state index contributed by atoms with van der Waals surface area (Å²) in [6, 6.07) is 9.41. The van der Waals surface area contributed by atoms with Gasteiger partial charge in [0.1, 0.15) is 12.4 Å². The summed E-state index contributed by atoms with van der Waals surface area (Å²) in [5.74, 6) is 1.12. The molecule has 1 aromatic heterocycles. The minimum Gasteiger partial charge on any atom is -0.487 e. The first-order valence-corrected chi connectivity index (χ1v) is 6.07. The molecular formula is C13H11Cl2NO. The molecule has 0 aliphatic heterocycles. The van der Waals surface area contributed by atoms with Gasteiger partial charge in [-0.05, 0) is 23.8 Å². The van der Waals surface area contributed by atoms with Gasteiger partial charge in [-0.1, -0.05) is 23.7 Å². The van der Waals surface area contributed by atoms with Crippen LogP contribution in [-0.2, 0) is 12.5 Å². The Morgan fingerprint density at radius 1 is 1.24 bits per heavy atom. The van der Waals surface area contributed by atoms with Crippen LogP contribution in [0.15, 0.2) is 42.7 Å². The van der Waals surface area contributed by atoms with Gasteiger partial charge in [-0.3, -0.25) is 4.98 Å². The molecule has 0 aliphatic rings. The fourth-order valence-electron chi connectivity index (χ4n) is 1.44. The molecule has 0 saturated heterocycles. The fraction of sp³-hybridized carbons (Fsp3) is 0.154. The van der Waals surface area contributed by atoms with Gasteiger partial charge in [0.25, 0.3) is 0 Å². The highest BCUT2D eigenvalue weighted by Gasteiger charge is 2.02. The average Bonchev–Trinajstić information content (AvgIpc) is 2.37. The third-order valence-corrected chi connectivity index (χ3v) is 2.82. The lowest BCUT2D eigenvalue weighted by Gasteiger charge is -2.09. The molecule has 0 spiro atoms. The Kier molecular flexibility index (Phi) is 4.24. The molecule has 0 radical (unpaired) electrons. The molecule has 0 unspecified atom stereocenters. The normalized spacial score (nSPS) is 10.2. The van der Waals surface area contributed by atoms with Crippen LogP contribution >= 0.6 is 23.2 Å². The number of benzene rings is 1. The lowest BCUT2D eigenvalue weighted by molar-refractivity contribution is 0.302. The Balaban J connectivity index is 2.07. The molecule has 1 aromatic carbocycles. The van der Waals surface area contributed by atoms with Crippen molar-refractivity contribution in [3.63, 3.8) is 0 Å². The van der Waals surface area contributed by atoms with Gasteiger partial charge in [0.2, 0.25) is 0 Å². The van der Waals surface area contributed by atoms with E-state index in [4.69, 9.17) is 27.9 Å². The zero-order chi connectivity index (χ0) is 12.1. The van der Waals surface area contributed by atoms with E-state index in [1.54, 1.807) is 12.4 Å². The molecule has 0 saturated carbocycles. The van der Waals surface area contributed by atoms with Crippen molar-refractivity contribution in [1.82, 2.24) is 4.98 Å². The SMILES string of the molecule is ClCc1ccncc1OCc1cccc(Cl)c1. The lowest BCUT2D eigenvalue weighted by atomic mass is 10.2. The van der Waals surface area contributed by atoms with Crippen LogP contribution in [0.25, 0.3) is 0 Å². The molecule has 1 heterocycles. The standard InChI is InChI=1S/C13H11Cl2NO/c14-7-11-4-5-16-8-13(11)17-9-10-2-1-3-12(15)6-10/h1-6,8H,7,9H2. The van der Waals surface area contributed by atoms with Gasteiger partial charge in [0.15, 0.2) is 0 Å². The molecule has 2 aromatic rings. The topological polar surface area (TPSA) is 22.1 Å². The maximum atomic E-state index is 5.90. The summed E-state index contributed by atoms with van der Waals surface area (Å²) in [5.41, 5.74) is 1.95. The van der Waals surface area contributed by atoms with Crippen LogP contribution in [0.4, 0.5) is 0 Å². The molecule has 0 N–H and O–H groups in total. The number of hydrogen-bond acceptors (Lipinski definition) is 2. The Bertz CT molecular complexity index is 502. The molecular weight excluding hydrogens is 257 g/mol. The molecule has 0 fully saturated rings. The maximum absolute atomic E-state index is 5.90. The third-order valence-electron chi connectivity index (χ3n) is 2.30. The zero-order valence-corrected chi connectivity index (χ0v) is 10.6. The monoisotopic (exact) mass is 267 g/mol. The number of pyridine rings is 1. The van der Waals surface area contributed by atoms with E-state index in [1.165, 1.54) is 0 Å². The van der Waals surface area contributed by atoms with Gasteiger partial charge in [-0.2, -0.15) is 0 Å². The molecule has 0 bridgehead atoms. The zero-order valence-electron chi connectivity index (χ0n) is 9.07. The average molecular weight is 268 g/mol. The summed E-state index contributed by atoms with van der Waals surface area (Å²) in [5, 5.41) is 0.704. The number of hydrogen-bond donors (Lipinski definition) is 0. The molecule has 2 nitrogen and oxygen atoms in total. The van der Waals surface area contributed by atoms with Crippen LogP contribution in [-0.4, -0.2) is 4.98 Å². The van der Waals surface area contributed by atoms with Gasteiger partial charge < -0.3 is 4.74 Å². The van der Waals surface area contributed by atoms with Crippen LogP contribution in [0.1, 0.15) is 11.1 Å². The minimum absolute atomic E-state index is 0.410. The second kappa shape index (κ2) is 5.89. The summed E-state index contributed by atoms with van der Waals surface area (Å²) in [7, 11) is 0. The number of aromatic nitrogens is 1. The van der Waals surface area contributed by atoms with Crippen molar-refractivity contribution in [3.05, 3.63) is 58.9 Å². The Labute approximate surface area is 110 Å². The molecule has 0 aliphatic carbocycles. The van der Waals surface area contributed by atoms with Gasteiger partial charge in [0, 0.05) is 16.8 Å². The van der Waals surface area contributed by atoms with Crippen LogP contribution < -0.4 is 4.74 Å². The van der Waals surface area contributed by atoms with Gasteiger partial charge >= 0.3 is 0 Å². The summed E-state index contributed by atoms with van der Waals surface area (Å²) in [6.45, 7) is 0.455. The summed E-state index contributed by atoms with van der Waals surface area (Å²) < 4.78 is 5.66. The van der Waals surface area contributed by atoms with Gasteiger partial charge in [0.05, 0.1) is 12.1 Å². The van der Waals surface area contributed by atoms with Gasteiger partial charge in [-0.15, -0.1) is 11.6 Å². The van der Waals surface area contributed by atoms with Crippen LogP contribution in [0.2, 0.25) is 5.02 Å². The summed E-state index contributed by atoms with van der Waals surface area (Å²) in [4.78, 5) is 4.01. The van der Waals surface area contributed by atoms with Crippen LogP contribution in [0, 0.1) is 0 Å². The highest BCUT2D eigenvalue weighted by molar-refractivity contribution is 6.30. The van der Waals surface area contributed by atoms with Crippen LogP contribution in [0.3, 0.4) is 0 Å². The van der Waals surface area contributed by atoms with E-state index in [9.17, 15) is 0 Å². The smallest absolute Gasteiger partial charge is 0.142 e. The van der Waals surface area contributed by atoms with Crippen molar-refractivity contribution in [3.8, 4) is 5.75 Å². The quantitative estimate of drug-likeness (QED) is 0.780. The molecule has 4 heteroatoms. The van der Waals surface area contributed by atoms with Gasteiger partial charge in [-0.25, -0.2) is 0 Å². The van der Waals surface area contributed by atoms with E-state index in [0.29, 0.717) is 23.3 Å². The second-order valence-corrected chi connectivity index (χ2v) is 4.24. The van der Waals surface area contributed by atoms with Crippen molar-refractivity contribution in [1.29, 1.82) is 0 Å². The van der Waals surface area contributed by atoms with Crippen molar-refractivity contribution in [2.45, 2.75) is 12.5 Å². The molecule has 2 rings (SSSR count). The van der Waals surface area contributed by atoms with Crippen LogP contribution in [0.5, 0.6) is 5.75 Å². The van der Waals surface area contributed by atoms with Crippen molar-refractivity contribution < 1.29 is 4.74 Å². The highest BCUT2D eigenvalue weighted by Crippen LogP contribution is 2.20. The Morgan fingerprint density at radius 3 is 2.88 bits per heavy atom. The third kappa shape index (κ3) is 3.35. The molecule has 0 amide bonds. The number of rotatable bonds is 4. The number of ether oxygens (including phenoxy) is 1. The highest BCUT2D eigenvalue weighted by atomic mass is 35.5. The number of halogens is 2. The van der Waals surface area contributed by atoms with Crippen molar-refractivity contribution in [2.24, 2.45) is 0 Å². The lowest BCUT2D eigenvalue weighted by Crippen LogP contribution is -1.98. The Hall–Kier alpha value is -1.25. The second-order valence-electron chi connectivity index (χ2n) is 3.54. The predicted molar refractivity (Wildman–Crippen MR) is 69.6 cm³/mol. The largest absolute Gasteiger partial charge is 0.487 e. The predicted octanol–water partition coefficient (Wildman–Crippen LogP) is 4.05. The van der Waals surface area contributed by atoms with E-state index in [0.717, 1.165) is 11.1 Å². The van der Waals surface area contributed by atoms with Crippen molar-refractivity contribution in [2.75, 3.05) is 0 Å². The molecule has 17 heavy (non-hydrogen) atoms. The van der Waals surface area contributed by atoms with E-state index >= 15 is 0 Å². The number of nitrogens with zero attached hydrogens (tertiary/aromatic N) is 1. The van der Waals surface area contributed by atoms with E-state index < -0.39 is 0 Å². The van der Waals surface area contributed by atoms with E-state index in [1.807, 2.05) is 30.3 Å². The summed E-state index contributed by atoms with van der Waals surface area (Å²) in [6.07, 6.45) is 3.37. The minimum atomic E-state index is 0.410.